The van der Waals surface area contributed by atoms with E-state index in [9.17, 15) is 4.79 Å². The lowest BCUT2D eigenvalue weighted by atomic mass is 10.0. The molecule has 0 aliphatic carbocycles. The molecule has 0 fully saturated rings. The van der Waals surface area contributed by atoms with Crippen LogP contribution in [-0.2, 0) is 9.53 Å². The zero-order valence-electron chi connectivity index (χ0n) is 16.9. The third-order valence-electron chi connectivity index (χ3n) is 4.23. The van der Waals surface area contributed by atoms with Crippen LogP contribution < -0.4 is 24.3 Å². The second kappa shape index (κ2) is 10.3. The van der Waals surface area contributed by atoms with Gasteiger partial charge in [0.2, 0.25) is 0 Å². The fourth-order valence-corrected chi connectivity index (χ4v) is 2.84. The van der Waals surface area contributed by atoms with Crippen LogP contribution in [0.15, 0.2) is 36.4 Å². The number of nitrogens with one attached hydrogen (secondary N) is 1. The highest BCUT2D eigenvalue weighted by Crippen LogP contribution is 2.37. The summed E-state index contributed by atoms with van der Waals surface area (Å²) in [5.74, 6) is 2.23. The van der Waals surface area contributed by atoms with Crippen molar-refractivity contribution in [1.29, 1.82) is 0 Å². The van der Waals surface area contributed by atoms with Gasteiger partial charge in [0.1, 0.15) is 23.0 Å². The van der Waals surface area contributed by atoms with Gasteiger partial charge >= 0.3 is 5.97 Å². The SMILES string of the molecule is CCOC(=O)CC(Nc1ccc(OC)cc1OC)c1ccc(OC)cc1OC. The van der Waals surface area contributed by atoms with Crippen LogP contribution in [0.3, 0.4) is 0 Å². The molecule has 2 aromatic rings. The smallest absolute Gasteiger partial charge is 0.308 e. The molecule has 1 atom stereocenters. The van der Waals surface area contributed by atoms with Crippen molar-refractivity contribution in [2.24, 2.45) is 0 Å². The van der Waals surface area contributed by atoms with E-state index in [1.165, 1.54) is 0 Å². The molecule has 0 heterocycles. The highest BCUT2D eigenvalue weighted by atomic mass is 16.5. The summed E-state index contributed by atoms with van der Waals surface area (Å²) in [4.78, 5) is 12.2. The number of rotatable bonds is 10. The van der Waals surface area contributed by atoms with Gasteiger partial charge in [-0.25, -0.2) is 0 Å². The molecule has 0 saturated carbocycles. The Bertz CT molecular complexity index is 792. The fourth-order valence-electron chi connectivity index (χ4n) is 2.84. The first-order chi connectivity index (χ1) is 13.6. The molecule has 0 aliphatic heterocycles. The van der Waals surface area contributed by atoms with Crippen LogP contribution in [0.4, 0.5) is 5.69 Å². The Kier molecular flexibility index (Phi) is 7.80. The Labute approximate surface area is 165 Å². The molecule has 0 saturated heterocycles. The van der Waals surface area contributed by atoms with Crippen LogP contribution in [0.5, 0.6) is 23.0 Å². The van der Waals surface area contributed by atoms with E-state index in [1.807, 2.05) is 24.3 Å². The van der Waals surface area contributed by atoms with Gasteiger partial charge in [-0.2, -0.15) is 0 Å². The van der Waals surface area contributed by atoms with E-state index in [2.05, 4.69) is 5.32 Å². The standard InChI is InChI=1S/C21H27NO6/c1-6-28-21(23)13-18(16-9-7-14(24-2)11-19(16)26-4)22-17-10-8-15(25-3)12-20(17)27-5/h7-12,18,22H,6,13H2,1-5H3. The summed E-state index contributed by atoms with van der Waals surface area (Å²) in [7, 11) is 6.33. The number of carbonyl (C=O) groups is 1. The van der Waals surface area contributed by atoms with Gasteiger partial charge in [-0.05, 0) is 31.2 Å². The van der Waals surface area contributed by atoms with Crippen molar-refractivity contribution < 1.29 is 28.5 Å². The zero-order valence-corrected chi connectivity index (χ0v) is 16.9. The van der Waals surface area contributed by atoms with Crippen molar-refractivity contribution >= 4 is 11.7 Å². The van der Waals surface area contributed by atoms with Crippen LogP contribution in [0.1, 0.15) is 24.9 Å². The highest BCUT2D eigenvalue weighted by molar-refractivity contribution is 5.72. The maximum atomic E-state index is 12.2. The summed E-state index contributed by atoms with van der Waals surface area (Å²) in [6, 6.07) is 10.5. The van der Waals surface area contributed by atoms with Crippen LogP contribution in [0, 0.1) is 0 Å². The average molecular weight is 389 g/mol. The van der Waals surface area contributed by atoms with Crippen LogP contribution >= 0.6 is 0 Å². The average Bonchev–Trinajstić information content (AvgIpc) is 2.73. The summed E-state index contributed by atoms with van der Waals surface area (Å²) >= 11 is 0. The predicted octanol–water partition coefficient (Wildman–Crippen LogP) is 3.83. The van der Waals surface area contributed by atoms with E-state index in [0.29, 0.717) is 29.6 Å². The van der Waals surface area contributed by atoms with Gasteiger partial charge in [0.15, 0.2) is 0 Å². The maximum absolute atomic E-state index is 12.2. The molecular weight excluding hydrogens is 362 g/mol. The molecule has 2 aromatic carbocycles. The van der Waals surface area contributed by atoms with Crippen molar-refractivity contribution in [2.45, 2.75) is 19.4 Å². The summed E-state index contributed by atoms with van der Waals surface area (Å²) in [6.45, 7) is 2.10. The summed E-state index contributed by atoms with van der Waals surface area (Å²) in [6.07, 6.45) is 0.117. The summed E-state index contributed by atoms with van der Waals surface area (Å²) in [5, 5.41) is 3.37. The first-order valence-electron chi connectivity index (χ1n) is 8.92. The molecule has 7 heteroatoms. The van der Waals surface area contributed by atoms with Crippen molar-refractivity contribution in [3.63, 3.8) is 0 Å². The largest absolute Gasteiger partial charge is 0.497 e. The molecular formula is C21H27NO6. The van der Waals surface area contributed by atoms with Crippen molar-refractivity contribution in [2.75, 3.05) is 40.4 Å². The number of ether oxygens (including phenoxy) is 5. The summed E-state index contributed by atoms with van der Waals surface area (Å²) < 4.78 is 26.6. The molecule has 28 heavy (non-hydrogen) atoms. The van der Waals surface area contributed by atoms with Crippen molar-refractivity contribution in [3.05, 3.63) is 42.0 Å². The predicted molar refractivity (Wildman–Crippen MR) is 107 cm³/mol. The molecule has 1 unspecified atom stereocenters. The topological polar surface area (TPSA) is 75.3 Å². The van der Waals surface area contributed by atoms with Gasteiger partial charge < -0.3 is 29.0 Å². The van der Waals surface area contributed by atoms with Gasteiger partial charge in [-0.1, -0.05) is 0 Å². The first-order valence-corrected chi connectivity index (χ1v) is 8.92. The third kappa shape index (κ3) is 5.22. The van der Waals surface area contributed by atoms with Gasteiger partial charge in [0, 0.05) is 17.7 Å². The normalized spacial score (nSPS) is 11.3. The Morgan fingerprint density at radius 1 is 0.893 bits per heavy atom. The minimum atomic E-state index is -0.401. The zero-order chi connectivity index (χ0) is 20.5. The number of benzene rings is 2. The number of carbonyl (C=O) groups excluding carboxylic acids is 1. The Morgan fingerprint density at radius 3 is 2.07 bits per heavy atom. The van der Waals surface area contributed by atoms with Crippen LogP contribution in [0.25, 0.3) is 0 Å². The van der Waals surface area contributed by atoms with Crippen LogP contribution in [0.2, 0.25) is 0 Å². The number of hydrogen-bond donors (Lipinski definition) is 1. The lowest BCUT2D eigenvalue weighted by Gasteiger charge is -2.23. The molecule has 0 bridgehead atoms. The molecule has 152 valence electrons. The molecule has 0 aromatic heterocycles. The fraction of sp³-hybridized carbons (Fsp3) is 0.381. The van der Waals surface area contributed by atoms with E-state index < -0.39 is 6.04 Å². The van der Waals surface area contributed by atoms with Crippen molar-refractivity contribution in [1.82, 2.24) is 0 Å². The molecule has 0 aliphatic rings. The van der Waals surface area contributed by atoms with E-state index in [1.54, 1.807) is 47.5 Å². The van der Waals surface area contributed by atoms with E-state index >= 15 is 0 Å². The van der Waals surface area contributed by atoms with Gasteiger partial charge in [0.05, 0.1) is 53.2 Å². The molecule has 0 amide bonds. The number of hydrogen-bond acceptors (Lipinski definition) is 7. The Morgan fingerprint density at radius 2 is 1.50 bits per heavy atom. The van der Waals surface area contributed by atoms with E-state index in [-0.39, 0.29) is 12.4 Å². The molecule has 2 rings (SSSR count). The Hall–Kier alpha value is -3.09. The second-order valence-electron chi connectivity index (χ2n) is 5.88. The van der Waals surface area contributed by atoms with E-state index in [4.69, 9.17) is 23.7 Å². The second-order valence-corrected chi connectivity index (χ2v) is 5.88. The molecule has 1 N–H and O–H groups in total. The summed E-state index contributed by atoms with van der Waals surface area (Å²) in [5.41, 5.74) is 1.52. The van der Waals surface area contributed by atoms with E-state index in [0.717, 1.165) is 11.3 Å². The van der Waals surface area contributed by atoms with Crippen molar-refractivity contribution in [3.8, 4) is 23.0 Å². The maximum Gasteiger partial charge on any atom is 0.308 e. The molecule has 0 radical (unpaired) electrons. The minimum Gasteiger partial charge on any atom is -0.497 e. The lowest BCUT2D eigenvalue weighted by Crippen LogP contribution is -2.18. The van der Waals surface area contributed by atoms with Gasteiger partial charge in [-0.3, -0.25) is 4.79 Å². The quantitative estimate of drug-likeness (QED) is 0.619. The minimum absolute atomic E-state index is 0.117. The highest BCUT2D eigenvalue weighted by Gasteiger charge is 2.22. The van der Waals surface area contributed by atoms with Crippen LogP contribution in [-0.4, -0.2) is 41.0 Å². The van der Waals surface area contributed by atoms with Gasteiger partial charge in [0.25, 0.3) is 0 Å². The number of esters is 1. The van der Waals surface area contributed by atoms with Gasteiger partial charge in [-0.15, -0.1) is 0 Å². The number of anilines is 1. The monoisotopic (exact) mass is 389 g/mol. The first kappa shape index (κ1) is 21.2. The number of methoxy groups -OCH3 is 4. The Balaban J connectivity index is 2.42. The third-order valence-corrected chi connectivity index (χ3v) is 4.23. The molecule has 7 nitrogen and oxygen atoms in total. The molecule has 0 spiro atoms. The lowest BCUT2D eigenvalue weighted by molar-refractivity contribution is -0.143.